The van der Waals surface area contributed by atoms with Crippen molar-refractivity contribution >= 4 is 38.8 Å². The van der Waals surface area contributed by atoms with Crippen LogP contribution in [-0.2, 0) is 11.1 Å². The summed E-state index contributed by atoms with van der Waals surface area (Å²) in [5, 5.41) is -9.85. The molecule has 1 atom stereocenters. The van der Waals surface area contributed by atoms with Gasteiger partial charge in [0.25, 0.3) is 0 Å². The molecular formula is C8H4BrCsF4O2S2. The van der Waals surface area contributed by atoms with Gasteiger partial charge < -0.3 is 4.55 Å². The number of rotatable bonds is 4. The monoisotopic (exact) mass is 484 g/mol. The van der Waals surface area contributed by atoms with E-state index >= 15 is 0 Å². The van der Waals surface area contributed by atoms with Crippen molar-refractivity contribution in [2.45, 2.75) is 15.4 Å². The minimum atomic E-state index is -5.12. The fraction of sp³-hybridized carbons (Fsp3) is 0.250. The van der Waals surface area contributed by atoms with Crippen LogP contribution in [0, 0.1) is 0 Å². The Morgan fingerprint density at radius 1 is 1.17 bits per heavy atom. The maximum Gasteiger partial charge on any atom is 1.00 e. The zero-order valence-corrected chi connectivity index (χ0v) is 18.3. The molecule has 96 valence electrons. The van der Waals surface area contributed by atoms with Crippen molar-refractivity contribution in [1.29, 1.82) is 0 Å². The van der Waals surface area contributed by atoms with Crippen molar-refractivity contribution in [2.24, 2.45) is 0 Å². The van der Waals surface area contributed by atoms with Crippen LogP contribution in [0.2, 0.25) is 0 Å². The summed E-state index contributed by atoms with van der Waals surface area (Å²) in [4.78, 5) is -0.164. The molecule has 0 fully saturated rings. The van der Waals surface area contributed by atoms with Crippen LogP contribution >= 0.6 is 27.7 Å². The average Bonchev–Trinajstić information content (AvgIpc) is 2.20. The van der Waals surface area contributed by atoms with E-state index in [0.29, 0.717) is 4.47 Å². The molecule has 18 heavy (non-hydrogen) atoms. The maximum atomic E-state index is 13.0. The molecule has 0 aliphatic carbocycles. The van der Waals surface area contributed by atoms with Gasteiger partial charge in [-0.05, 0) is 36.0 Å². The zero-order chi connectivity index (χ0) is 13.3. The molecule has 1 unspecified atom stereocenters. The molecule has 0 spiro atoms. The number of halogens is 5. The second-order valence-corrected chi connectivity index (χ2v) is 5.91. The molecule has 0 heterocycles. The second-order valence-electron chi connectivity index (χ2n) is 2.82. The first-order valence-corrected chi connectivity index (χ1v) is 6.65. The summed E-state index contributed by atoms with van der Waals surface area (Å²) in [6.45, 7) is 0. The summed E-state index contributed by atoms with van der Waals surface area (Å²) in [5.74, 6) is 0. The van der Waals surface area contributed by atoms with Crippen molar-refractivity contribution in [3.05, 3.63) is 28.7 Å². The van der Waals surface area contributed by atoms with E-state index < -0.39 is 33.4 Å². The second kappa shape index (κ2) is 7.80. The van der Waals surface area contributed by atoms with E-state index in [1.54, 1.807) is 0 Å². The summed E-state index contributed by atoms with van der Waals surface area (Å²) >= 11 is -1.65. The van der Waals surface area contributed by atoms with Crippen molar-refractivity contribution in [3.8, 4) is 0 Å². The number of benzene rings is 1. The first kappa shape index (κ1) is 19.9. The molecule has 0 saturated carbocycles. The molecule has 0 aromatic heterocycles. The van der Waals surface area contributed by atoms with E-state index in [1.807, 2.05) is 0 Å². The number of hydrogen-bond donors (Lipinski definition) is 0. The molecule has 0 amide bonds. The minimum Gasteiger partial charge on any atom is -0.768 e. The molecular weight excluding hydrogens is 481 g/mol. The Kier molecular flexibility index (Phi) is 8.64. The predicted octanol–water partition coefficient (Wildman–Crippen LogP) is 0.610. The molecule has 1 rings (SSSR count). The number of hydrogen-bond acceptors (Lipinski definition) is 3. The summed E-state index contributed by atoms with van der Waals surface area (Å²) < 4.78 is 72.2. The average molecular weight is 485 g/mol. The summed E-state index contributed by atoms with van der Waals surface area (Å²) in [6, 6.07) is 5.11. The third kappa shape index (κ3) is 5.04. The first-order valence-electron chi connectivity index (χ1n) is 3.96. The molecule has 1 aromatic carbocycles. The SMILES string of the molecule is O=S([O-])C(F)(F)C(F)(F)Sc1ccc(Br)cc1.[Cs+]. The van der Waals surface area contributed by atoms with Crippen LogP contribution in [0.3, 0.4) is 0 Å². The van der Waals surface area contributed by atoms with Gasteiger partial charge >= 0.3 is 79.4 Å². The standard InChI is InChI=1S/C8H5BrF4O2S2.Cs/c9-5-1-3-6(4-2-5)16-7(10,11)8(12,13)17(14)15;/h1-4H,(H,14,15);/q;+1/p-1. The van der Waals surface area contributed by atoms with Crippen LogP contribution < -0.4 is 68.9 Å². The fourth-order valence-electron chi connectivity index (χ4n) is 0.807. The van der Waals surface area contributed by atoms with Crippen LogP contribution in [0.15, 0.2) is 33.6 Å². The van der Waals surface area contributed by atoms with Crippen LogP contribution in [0.4, 0.5) is 17.6 Å². The van der Waals surface area contributed by atoms with E-state index in [4.69, 9.17) is 0 Å². The third-order valence-electron chi connectivity index (χ3n) is 1.61. The molecule has 0 saturated heterocycles. The summed E-state index contributed by atoms with van der Waals surface area (Å²) in [7, 11) is 0. The van der Waals surface area contributed by atoms with Crippen LogP contribution in [0.25, 0.3) is 0 Å². The van der Waals surface area contributed by atoms with Crippen LogP contribution in [-0.4, -0.2) is 19.3 Å². The molecule has 0 bridgehead atoms. The van der Waals surface area contributed by atoms with Gasteiger partial charge in [0.2, 0.25) is 0 Å². The van der Waals surface area contributed by atoms with Gasteiger partial charge in [-0.3, -0.25) is 4.21 Å². The molecule has 0 aliphatic heterocycles. The van der Waals surface area contributed by atoms with Gasteiger partial charge in [0.05, 0.1) is 0 Å². The van der Waals surface area contributed by atoms with Crippen molar-refractivity contribution in [2.75, 3.05) is 0 Å². The Balaban J connectivity index is 0.00000289. The third-order valence-corrected chi connectivity index (χ3v) is 3.96. The van der Waals surface area contributed by atoms with E-state index in [1.165, 1.54) is 24.3 Å². The van der Waals surface area contributed by atoms with Gasteiger partial charge in [0.1, 0.15) is 0 Å². The predicted molar refractivity (Wildman–Crippen MR) is 58.8 cm³/mol. The molecule has 0 radical (unpaired) electrons. The molecule has 2 nitrogen and oxygen atoms in total. The smallest absolute Gasteiger partial charge is 0.768 e. The topological polar surface area (TPSA) is 40.1 Å². The largest absolute Gasteiger partial charge is 1.00 e. The Hall–Kier alpha value is 1.93. The zero-order valence-electron chi connectivity index (χ0n) is 8.83. The van der Waals surface area contributed by atoms with E-state index in [-0.39, 0.29) is 73.8 Å². The van der Waals surface area contributed by atoms with Crippen molar-refractivity contribution in [1.82, 2.24) is 0 Å². The van der Waals surface area contributed by atoms with Crippen LogP contribution in [0.5, 0.6) is 0 Å². The Morgan fingerprint density at radius 3 is 2.00 bits per heavy atom. The minimum absolute atomic E-state index is 0. The van der Waals surface area contributed by atoms with Crippen molar-refractivity contribution < 1.29 is 95.2 Å². The van der Waals surface area contributed by atoms with Gasteiger partial charge in [0.15, 0.2) is 0 Å². The molecule has 0 N–H and O–H groups in total. The van der Waals surface area contributed by atoms with E-state index in [9.17, 15) is 26.3 Å². The molecule has 10 heteroatoms. The quantitative estimate of drug-likeness (QED) is 0.357. The fourth-order valence-corrected chi connectivity index (χ4v) is 2.28. The van der Waals surface area contributed by atoms with E-state index in [2.05, 4.69) is 15.9 Å². The molecule has 1 aromatic rings. The molecule has 0 aliphatic rings. The maximum absolute atomic E-state index is 13.0. The normalized spacial score (nSPS) is 13.9. The summed E-state index contributed by atoms with van der Waals surface area (Å²) in [5.41, 5.74) is 0. The van der Waals surface area contributed by atoms with Crippen LogP contribution in [0.1, 0.15) is 0 Å². The van der Waals surface area contributed by atoms with Crippen molar-refractivity contribution in [3.63, 3.8) is 0 Å². The Labute approximate surface area is 174 Å². The van der Waals surface area contributed by atoms with Gasteiger partial charge in [0, 0.05) is 20.4 Å². The van der Waals surface area contributed by atoms with Gasteiger partial charge in [-0.1, -0.05) is 15.9 Å². The number of thioether (sulfide) groups is 1. The first-order chi connectivity index (χ1) is 7.67. The van der Waals surface area contributed by atoms with Gasteiger partial charge in [-0.15, -0.1) is 0 Å². The van der Waals surface area contributed by atoms with E-state index in [0.717, 1.165) is 0 Å². The Morgan fingerprint density at radius 2 is 1.61 bits per heavy atom. The van der Waals surface area contributed by atoms with Gasteiger partial charge in [-0.25, -0.2) is 0 Å². The van der Waals surface area contributed by atoms with Gasteiger partial charge in [-0.2, -0.15) is 17.6 Å². The summed E-state index contributed by atoms with van der Waals surface area (Å²) in [6.07, 6.45) is 0. The number of alkyl halides is 4. The Bertz CT molecular complexity index is 430.